The van der Waals surface area contributed by atoms with Crippen LogP contribution in [0.2, 0.25) is 0 Å². The first-order valence-electron chi connectivity index (χ1n) is 8.18. The van der Waals surface area contributed by atoms with Gasteiger partial charge in [-0.3, -0.25) is 4.79 Å². The lowest BCUT2D eigenvalue weighted by Gasteiger charge is -2.25. The van der Waals surface area contributed by atoms with Gasteiger partial charge >= 0.3 is 0 Å². The molecule has 4 rings (SSSR count). The van der Waals surface area contributed by atoms with Gasteiger partial charge in [-0.25, -0.2) is 17.6 Å². The minimum atomic E-state index is -1.61. The van der Waals surface area contributed by atoms with E-state index in [4.69, 9.17) is 0 Å². The standard InChI is InChI=1S/C19H15F4NO/c20-12-4-3-5-15-16(12)19(6-1-2-7-19)10-24(15)18(25)11-8-13(21)17(23)14(22)9-11/h3-5,8-9H,1-2,6-7,10H2. The average Bonchev–Trinajstić information content (AvgIpc) is 3.18. The maximum atomic E-state index is 14.5. The van der Waals surface area contributed by atoms with Crippen LogP contribution in [0.15, 0.2) is 30.3 Å². The molecule has 1 heterocycles. The number of anilines is 1. The minimum Gasteiger partial charge on any atom is -0.307 e. The largest absolute Gasteiger partial charge is 0.307 e. The average molecular weight is 349 g/mol. The van der Waals surface area contributed by atoms with Crippen LogP contribution < -0.4 is 4.90 Å². The normalized spacial score (nSPS) is 18.0. The second-order valence-corrected chi connectivity index (χ2v) is 6.77. The number of hydrogen-bond acceptors (Lipinski definition) is 1. The molecular formula is C19H15F4NO. The number of nitrogens with zero attached hydrogens (tertiary/aromatic N) is 1. The number of fused-ring (bicyclic) bond motifs is 2. The Balaban J connectivity index is 1.80. The van der Waals surface area contributed by atoms with E-state index in [9.17, 15) is 22.4 Å². The van der Waals surface area contributed by atoms with Gasteiger partial charge in [0.1, 0.15) is 5.82 Å². The topological polar surface area (TPSA) is 20.3 Å². The van der Waals surface area contributed by atoms with Gasteiger partial charge in [0.15, 0.2) is 17.5 Å². The van der Waals surface area contributed by atoms with Gasteiger partial charge in [0.25, 0.3) is 5.91 Å². The van der Waals surface area contributed by atoms with Crippen molar-refractivity contribution < 1.29 is 22.4 Å². The summed E-state index contributed by atoms with van der Waals surface area (Å²) in [6.07, 6.45) is 3.40. The third-order valence-electron chi connectivity index (χ3n) is 5.31. The van der Waals surface area contributed by atoms with Crippen molar-refractivity contribution in [2.75, 3.05) is 11.4 Å². The summed E-state index contributed by atoms with van der Waals surface area (Å²) in [5, 5.41) is 0. The van der Waals surface area contributed by atoms with E-state index in [2.05, 4.69) is 0 Å². The van der Waals surface area contributed by atoms with E-state index < -0.39 is 28.8 Å². The van der Waals surface area contributed by atoms with E-state index in [1.807, 2.05) is 0 Å². The molecule has 1 aliphatic heterocycles. The fourth-order valence-electron chi connectivity index (χ4n) is 4.21. The molecule has 0 atom stereocenters. The lowest BCUT2D eigenvalue weighted by Crippen LogP contribution is -2.35. The molecule has 2 aromatic carbocycles. The van der Waals surface area contributed by atoms with Crippen LogP contribution in [0.25, 0.3) is 0 Å². The minimum absolute atomic E-state index is 0.267. The van der Waals surface area contributed by atoms with Gasteiger partial charge in [-0.05, 0) is 37.1 Å². The van der Waals surface area contributed by atoms with Gasteiger partial charge in [0.05, 0.1) is 5.69 Å². The highest BCUT2D eigenvalue weighted by molar-refractivity contribution is 6.07. The van der Waals surface area contributed by atoms with Crippen molar-refractivity contribution in [1.82, 2.24) is 0 Å². The molecule has 130 valence electrons. The molecule has 1 saturated carbocycles. The number of hydrogen-bond donors (Lipinski definition) is 0. The quantitative estimate of drug-likeness (QED) is 0.539. The molecule has 0 radical (unpaired) electrons. The first-order chi connectivity index (χ1) is 11.9. The maximum absolute atomic E-state index is 14.5. The van der Waals surface area contributed by atoms with Gasteiger partial charge in [-0.2, -0.15) is 0 Å². The number of carbonyl (C=O) groups is 1. The number of halogens is 4. The number of amides is 1. The molecule has 2 nitrogen and oxygen atoms in total. The van der Waals surface area contributed by atoms with Crippen LogP contribution in [0.5, 0.6) is 0 Å². The monoisotopic (exact) mass is 349 g/mol. The van der Waals surface area contributed by atoms with E-state index in [0.717, 1.165) is 25.7 Å². The van der Waals surface area contributed by atoms with Crippen LogP contribution in [-0.4, -0.2) is 12.5 Å². The van der Waals surface area contributed by atoms with E-state index in [1.165, 1.54) is 17.0 Å². The molecule has 0 saturated heterocycles. The number of benzene rings is 2. The van der Waals surface area contributed by atoms with Crippen LogP contribution in [0.3, 0.4) is 0 Å². The summed E-state index contributed by atoms with van der Waals surface area (Å²) < 4.78 is 54.7. The summed E-state index contributed by atoms with van der Waals surface area (Å²) in [5.41, 5.74) is 0.190. The Morgan fingerprint density at radius 3 is 2.24 bits per heavy atom. The van der Waals surface area contributed by atoms with Crippen LogP contribution >= 0.6 is 0 Å². The smallest absolute Gasteiger partial charge is 0.258 e. The molecule has 1 amide bonds. The van der Waals surface area contributed by atoms with Gasteiger partial charge in [-0.1, -0.05) is 18.9 Å². The van der Waals surface area contributed by atoms with Crippen molar-refractivity contribution in [2.24, 2.45) is 0 Å². The highest BCUT2D eigenvalue weighted by atomic mass is 19.2. The second kappa shape index (κ2) is 5.58. The number of rotatable bonds is 1. The molecule has 2 aliphatic rings. The van der Waals surface area contributed by atoms with E-state index in [0.29, 0.717) is 23.4 Å². The molecule has 0 unspecified atom stereocenters. The lowest BCUT2D eigenvalue weighted by atomic mass is 9.80. The highest BCUT2D eigenvalue weighted by Crippen LogP contribution is 2.51. The zero-order valence-corrected chi connectivity index (χ0v) is 13.3. The summed E-state index contributed by atoms with van der Waals surface area (Å²) in [7, 11) is 0. The van der Waals surface area contributed by atoms with Crippen molar-refractivity contribution in [3.05, 3.63) is 64.7 Å². The van der Waals surface area contributed by atoms with E-state index in [-0.39, 0.29) is 17.9 Å². The van der Waals surface area contributed by atoms with Crippen LogP contribution in [-0.2, 0) is 5.41 Å². The molecule has 0 bridgehead atoms. The van der Waals surface area contributed by atoms with E-state index >= 15 is 0 Å². The predicted molar refractivity (Wildman–Crippen MR) is 84.5 cm³/mol. The Hall–Kier alpha value is -2.37. The molecule has 1 fully saturated rings. The lowest BCUT2D eigenvalue weighted by molar-refractivity contribution is 0.0983. The molecule has 0 aromatic heterocycles. The Bertz CT molecular complexity index is 851. The van der Waals surface area contributed by atoms with Gasteiger partial charge < -0.3 is 4.90 Å². The van der Waals surface area contributed by atoms with Crippen molar-refractivity contribution in [2.45, 2.75) is 31.1 Å². The fourth-order valence-corrected chi connectivity index (χ4v) is 4.21. The first-order valence-corrected chi connectivity index (χ1v) is 8.18. The molecule has 25 heavy (non-hydrogen) atoms. The summed E-state index contributed by atoms with van der Waals surface area (Å²) in [6, 6.07) is 5.87. The summed E-state index contributed by atoms with van der Waals surface area (Å²) >= 11 is 0. The Kier molecular flexibility index (Phi) is 3.60. The third kappa shape index (κ3) is 2.34. The van der Waals surface area contributed by atoms with Crippen LogP contribution in [0.4, 0.5) is 23.2 Å². The molecule has 0 N–H and O–H groups in total. The third-order valence-corrected chi connectivity index (χ3v) is 5.31. The second-order valence-electron chi connectivity index (χ2n) is 6.77. The predicted octanol–water partition coefficient (Wildman–Crippen LogP) is 4.72. The zero-order valence-electron chi connectivity index (χ0n) is 13.3. The van der Waals surface area contributed by atoms with Crippen molar-refractivity contribution in [1.29, 1.82) is 0 Å². The summed E-state index contributed by atoms with van der Waals surface area (Å²) in [4.78, 5) is 14.2. The molecule has 1 spiro atoms. The van der Waals surface area contributed by atoms with Crippen molar-refractivity contribution >= 4 is 11.6 Å². The first kappa shape index (κ1) is 16.1. The Morgan fingerprint density at radius 2 is 1.60 bits per heavy atom. The van der Waals surface area contributed by atoms with Gasteiger partial charge in [0, 0.05) is 23.1 Å². The number of carbonyl (C=O) groups excluding carboxylic acids is 1. The highest BCUT2D eigenvalue weighted by Gasteiger charge is 2.48. The summed E-state index contributed by atoms with van der Waals surface area (Å²) in [6.45, 7) is 0.267. The van der Waals surface area contributed by atoms with Crippen molar-refractivity contribution in [3.63, 3.8) is 0 Å². The molecule has 2 aromatic rings. The zero-order chi connectivity index (χ0) is 17.8. The molecular weight excluding hydrogens is 334 g/mol. The SMILES string of the molecule is O=C(c1cc(F)c(F)c(F)c1)N1CC2(CCCC2)c2c(F)cccc21. The Morgan fingerprint density at radius 1 is 0.960 bits per heavy atom. The van der Waals surface area contributed by atoms with Crippen LogP contribution in [0, 0.1) is 23.3 Å². The van der Waals surface area contributed by atoms with Crippen LogP contribution in [0.1, 0.15) is 41.6 Å². The summed E-state index contributed by atoms with van der Waals surface area (Å²) in [5.74, 6) is -5.48. The molecule has 6 heteroatoms. The van der Waals surface area contributed by atoms with Crippen molar-refractivity contribution in [3.8, 4) is 0 Å². The maximum Gasteiger partial charge on any atom is 0.258 e. The van der Waals surface area contributed by atoms with E-state index in [1.54, 1.807) is 6.07 Å². The molecule has 1 aliphatic carbocycles. The van der Waals surface area contributed by atoms with Gasteiger partial charge in [0.2, 0.25) is 0 Å². The van der Waals surface area contributed by atoms with Gasteiger partial charge in [-0.15, -0.1) is 0 Å². The fraction of sp³-hybridized carbons (Fsp3) is 0.316. The Labute approximate surface area is 142 Å².